The van der Waals surface area contributed by atoms with E-state index in [-0.39, 0.29) is 5.78 Å². The van der Waals surface area contributed by atoms with Crippen LogP contribution >= 0.6 is 15.9 Å². The number of hydrogen-bond acceptors (Lipinski definition) is 3. The van der Waals surface area contributed by atoms with Gasteiger partial charge in [-0.25, -0.2) is 8.42 Å². The minimum absolute atomic E-state index is 0.315. The quantitative estimate of drug-likeness (QED) is 0.702. The van der Waals surface area contributed by atoms with Crippen LogP contribution in [0.25, 0.3) is 0 Å². The molecular formula is C7H13BrO3S. The zero-order valence-electron chi connectivity index (χ0n) is 7.59. The van der Waals surface area contributed by atoms with Crippen molar-refractivity contribution in [1.82, 2.24) is 0 Å². The van der Waals surface area contributed by atoms with Gasteiger partial charge < -0.3 is 0 Å². The Morgan fingerprint density at radius 1 is 1.33 bits per heavy atom. The third-order valence-corrected chi connectivity index (χ3v) is 4.74. The van der Waals surface area contributed by atoms with Gasteiger partial charge >= 0.3 is 0 Å². The van der Waals surface area contributed by atoms with Gasteiger partial charge in [-0.1, -0.05) is 36.7 Å². The smallest absolute Gasteiger partial charge is 0.174 e. The van der Waals surface area contributed by atoms with Crippen molar-refractivity contribution in [2.45, 2.75) is 24.9 Å². The van der Waals surface area contributed by atoms with Crippen LogP contribution in [0.2, 0.25) is 0 Å². The Bertz CT molecular complexity index is 274. The lowest BCUT2D eigenvalue weighted by Crippen LogP contribution is -2.33. The predicted molar refractivity (Wildman–Crippen MR) is 52.0 cm³/mol. The summed E-state index contributed by atoms with van der Waals surface area (Å²) in [5.41, 5.74) is -0.628. The Hall–Kier alpha value is 0.1000. The number of alkyl halides is 1. The van der Waals surface area contributed by atoms with Gasteiger partial charge in [0.05, 0.1) is 0 Å². The maximum absolute atomic E-state index is 11.4. The topological polar surface area (TPSA) is 51.2 Å². The van der Waals surface area contributed by atoms with E-state index in [0.717, 1.165) is 6.26 Å². The first-order valence-electron chi connectivity index (χ1n) is 3.44. The Labute approximate surface area is 81.6 Å². The molecule has 0 aromatic heterocycles. The minimum atomic E-state index is -3.32. The van der Waals surface area contributed by atoms with E-state index in [2.05, 4.69) is 15.9 Å². The third kappa shape index (κ3) is 3.23. The molecule has 0 radical (unpaired) electrons. The summed E-state index contributed by atoms with van der Waals surface area (Å²) in [5, 5.41) is 0. The molecule has 0 saturated heterocycles. The Morgan fingerprint density at radius 3 is 1.75 bits per heavy atom. The van der Waals surface area contributed by atoms with Crippen LogP contribution in [-0.4, -0.2) is 24.6 Å². The van der Waals surface area contributed by atoms with Crippen LogP contribution < -0.4 is 0 Å². The summed E-state index contributed by atoms with van der Waals surface area (Å²) in [6, 6.07) is 0. The molecule has 0 fully saturated rings. The third-order valence-electron chi connectivity index (χ3n) is 1.32. The molecule has 5 heteroatoms. The standard InChI is InChI=1S/C7H13BrO3S/c1-7(2,3)5(9)6(8)12(4,10)11/h6H,1-4H3. The molecule has 0 aliphatic carbocycles. The fourth-order valence-corrected chi connectivity index (χ4v) is 1.96. The normalized spacial score (nSPS) is 15.8. The van der Waals surface area contributed by atoms with Gasteiger partial charge in [0, 0.05) is 11.7 Å². The van der Waals surface area contributed by atoms with Crippen molar-refractivity contribution in [3.8, 4) is 0 Å². The van der Waals surface area contributed by atoms with Gasteiger partial charge in [0.2, 0.25) is 0 Å². The van der Waals surface area contributed by atoms with E-state index < -0.39 is 19.4 Å². The minimum Gasteiger partial charge on any atom is -0.297 e. The van der Waals surface area contributed by atoms with Gasteiger partial charge in [0.15, 0.2) is 19.8 Å². The van der Waals surface area contributed by atoms with Crippen LogP contribution in [0.1, 0.15) is 20.8 Å². The highest BCUT2D eigenvalue weighted by Crippen LogP contribution is 2.23. The van der Waals surface area contributed by atoms with E-state index in [1.54, 1.807) is 20.8 Å². The zero-order valence-corrected chi connectivity index (χ0v) is 9.99. The van der Waals surface area contributed by atoms with Crippen LogP contribution in [0, 0.1) is 5.41 Å². The number of sulfone groups is 1. The molecule has 0 spiro atoms. The molecule has 12 heavy (non-hydrogen) atoms. The average Bonchev–Trinajstić information content (AvgIpc) is 1.80. The van der Waals surface area contributed by atoms with Gasteiger partial charge in [-0.05, 0) is 0 Å². The summed E-state index contributed by atoms with van der Waals surface area (Å²) >= 11 is 2.86. The molecule has 1 atom stereocenters. The molecular weight excluding hydrogens is 244 g/mol. The van der Waals surface area contributed by atoms with Gasteiger partial charge in [-0.15, -0.1) is 0 Å². The second-order valence-electron chi connectivity index (χ2n) is 3.76. The van der Waals surface area contributed by atoms with Crippen molar-refractivity contribution < 1.29 is 13.2 Å². The highest BCUT2D eigenvalue weighted by molar-refractivity contribution is 9.11. The fourth-order valence-electron chi connectivity index (χ4n) is 0.535. The maximum Gasteiger partial charge on any atom is 0.174 e. The summed E-state index contributed by atoms with van der Waals surface area (Å²) in [6.07, 6.45) is 1.04. The van der Waals surface area contributed by atoms with Crippen LogP contribution in [0.4, 0.5) is 0 Å². The van der Waals surface area contributed by atoms with Gasteiger partial charge in [0.1, 0.15) is 0 Å². The lowest BCUT2D eigenvalue weighted by molar-refractivity contribution is -0.124. The molecule has 0 aromatic carbocycles. The number of Topliss-reactive ketones (excluding diaryl/α,β-unsaturated/α-hetero) is 1. The number of halogens is 1. The monoisotopic (exact) mass is 256 g/mol. The highest BCUT2D eigenvalue weighted by Gasteiger charge is 2.33. The molecule has 0 N–H and O–H groups in total. The molecule has 0 aliphatic rings. The van der Waals surface area contributed by atoms with Crippen LogP contribution in [0.5, 0.6) is 0 Å². The molecule has 0 heterocycles. The van der Waals surface area contributed by atoms with Crippen molar-refractivity contribution >= 4 is 31.6 Å². The molecule has 3 nitrogen and oxygen atoms in total. The van der Waals surface area contributed by atoms with E-state index in [1.807, 2.05) is 0 Å². The second kappa shape index (κ2) is 3.46. The van der Waals surface area contributed by atoms with Crippen molar-refractivity contribution in [1.29, 1.82) is 0 Å². The number of hydrogen-bond donors (Lipinski definition) is 0. The lowest BCUT2D eigenvalue weighted by atomic mass is 9.92. The largest absolute Gasteiger partial charge is 0.297 e. The molecule has 0 bridgehead atoms. The second-order valence-corrected chi connectivity index (χ2v) is 7.41. The highest BCUT2D eigenvalue weighted by atomic mass is 79.9. The van der Waals surface area contributed by atoms with Crippen LogP contribution in [-0.2, 0) is 14.6 Å². The molecule has 72 valence electrons. The Kier molecular flexibility index (Phi) is 3.49. The van der Waals surface area contributed by atoms with Crippen molar-refractivity contribution in [3.63, 3.8) is 0 Å². The number of carbonyl (C=O) groups is 1. The maximum atomic E-state index is 11.4. The fraction of sp³-hybridized carbons (Fsp3) is 0.857. The van der Waals surface area contributed by atoms with Gasteiger partial charge in [0.25, 0.3) is 0 Å². The first-order valence-corrected chi connectivity index (χ1v) is 6.31. The lowest BCUT2D eigenvalue weighted by Gasteiger charge is -2.19. The summed E-state index contributed by atoms with van der Waals surface area (Å²) in [4.78, 5) is 11.4. The number of rotatable bonds is 2. The number of carbonyl (C=O) groups excluding carboxylic acids is 1. The van der Waals surface area contributed by atoms with Gasteiger partial charge in [-0.3, -0.25) is 4.79 Å². The van der Waals surface area contributed by atoms with Crippen LogP contribution in [0.3, 0.4) is 0 Å². The van der Waals surface area contributed by atoms with E-state index in [1.165, 1.54) is 0 Å². The SMILES string of the molecule is CC(C)(C)C(=O)C(Br)S(C)(=O)=O. The molecule has 0 amide bonds. The zero-order chi connectivity index (χ0) is 10.2. The van der Waals surface area contributed by atoms with E-state index in [9.17, 15) is 13.2 Å². The molecule has 0 aliphatic heterocycles. The summed E-state index contributed by atoms with van der Waals surface area (Å²) in [7, 11) is -3.32. The predicted octanol–water partition coefficient (Wildman–Crippen LogP) is 1.37. The number of ketones is 1. The van der Waals surface area contributed by atoms with Crippen molar-refractivity contribution in [2.75, 3.05) is 6.26 Å². The molecule has 0 saturated carbocycles. The summed E-state index contributed by atoms with van der Waals surface area (Å²) in [5.74, 6) is -0.315. The van der Waals surface area contributed by atoms with Crippen LogP contribution in [0.15, 0.2) is 0 Å². The van der Waals surface area contributed by atoms with Crippen molar-refractivity contribution in [3.05, 3.63) is 0 Å². The molecule has 1 unspecified atom stereocenters. The first-order chi connectivity index (χ1) is 5.07. The first kappa shape index (κ1) is 12.1. The molecule has 0 rings (SSSR count). The van der Waals surface area contributed by atoms with E-state index in [0.29, 0.717) is 0 Å². The Balaban J connectivity index is 4.77. The summed E-state index contributed by atoms with van der Waals surface area (Å²) in [6.45, 7) is 5.07. The van der Waals surface area contributed by atoms with E-state index >= 15 is 0 Å². The Morgan fingerprint density at radius 2 is 1.67 bits per heavy atom. The molecule has 0 aromatic rings. The average molecular weight is 257 g/mol. The van der Waals surface area contributed by atoms with Crippen molar-refractivity contribution in [2.24, 2.45) is 5.41 Å². The van der Waals surface area contributed by atoms with Gasteiger partial charge in [-0.2, -0.15) is 0 Å². The summed E-state index contributed by atoms with van der Waals surface area (Å²) < 4.78 is 20.8. The van der Waals surface area contributed by atoms with E-state index in [4.69, 9.17) is 0 Å².